The van der Waals surface area contributed by atoms with E-state index in [-0.39, 0.29) is 17.9 Å². The molecular weight excluding hydrogens is 240 g/mol. The quantitative estimate of drug-likeness (QED) is 0.847. The van der Waals surface area contributed by atoms with Crippen molar-refractivity contribution in [1.29, 1.82) is 0 Å². The largest absolute Gasteiger partial charge is 0.489 e. The maximum Gasteiger partial charge on any atom is 0.171 e. The number of ether oxygens (including phenoxy) is 1. The number of Topliss-reactive ketones (excluding diaryl/α,β-unsaturated/α-hetero) is 1. The van der Waals surface area contributed by atoms with Crippen LogP contribution >= 0.6 is 0 Å². The summed E-state index contributed by atoms with van der Waals surface area (Å²) < 4.78 is 5.58. The van der Waals surface area contributed by atoms with Gasteiger partial charge in [0.15, 0.2) is 5.78 Å². The minimum Gasteiger partial charge on any atom is -0.489 e. The van der Waals surface area contributed by atoms with Crippen LogP contribution in [0.5, 0.6) is 5.75 Å². The van der Waals surface area contributed by atoms with Gasteiger partial charge in [-0.05, 0) is 32.8 Å². The first-order chi connectivity index (χ1) is 8.93. The number of ketones is 1. The van der Waals surface area contributed by atoms with E-state index in [0.29, 0.717) is 11.3 Å². The molecule has 4 heteroatoms. The molecule has 0 radical (unpaired) electrons. The van der Waals surface area contributed by atoms with Gasteiger partial charge in [0.05, 0.1) is 12.3 Å². The first-order valence-electron chi connectivity index (χ1n) is 6.85. The maximum atomic E-state index is 12.6. The summed E-state index contributed by atoms with van der Waals surface area (Å²) in [5, 5.41) is 0. The monoisotopic (exact) mass is 262 g/mol. The Morgan fingerprint density at radius 1 is 1.53 bits per heavy atom. The number of nitrogens with two attached hydrogens (primary N) is 1. The Balaban J connectivity index is 2.24. The summed E-state index contributed by atoms with van der Waals surface area (Å²) in [4.78, 5) is 16.7. The molecule has 0 bridgehead atoms. The summed E-state index contributed by atoms with van der Waals surface area (Å²) in [5.74, 6) is 0.718. The number of carbonyl (C=O) groups excluding carboxylic acids is 1. The second-order valence-electron chi connectivity index (χ2n) is 5.82. The van der Waals surface area contributed by atoms with Gasteiger partial charge in [-0.15, -0.1) is 0 Å². The zero-order valence-electron chi connectivity index (χ0n) is 11.8. The van der Waals surface area contributed by atoms with Crippen LogP contribution in [0.2, 0.25) is 0 Å². The highest BCUT2D eigenvalue weighted by Gasteiger charge is 2.43. The zero-order valence-corrected chi connectivity index (χ0v) is 11.8. The van der Waals surface area contributed by atoms with E-state index in [1.165, 1.54) is 0 Å². The number of hydrogen-bond acceptors (Lipinski definition) is 4. The molecule has 2 atom stereocenters. The van der Waals surface area contributed by atoms with Gasteiger partial charge in [0.2, 0.25) is 0 Å². The molecule has 19 heavy (non-hydrogen) atoms. The van der Waals surface area contributed by atoms with Gasteiger partial charge < -0.3 is 10.5 Å². The highest BCUT2D eigenvalue weighted by Crippen LogP contribution is 2.39. The number of nitrogens with zero attached hydrogens (tertiary/aromatic N) is 1. The zero-order chi connectivity index (χ0) is 14.0. The standard InChI is InChI=1S/C15H22N2O2/c1-10(2)19-12-7-11(8-17-9-12)14(18)15(3)6-4-5-13(15)16/h7-10,13H,4-6,16H2,1-3H3. The number of carbonyl (C=O) groups is 1. The lowest BCUT2D eigenvalue weighted by molar-refractivity contribution is 0.0801. The van der Waals surface area contributed by atoms with E-state index >= 15 is 0 Å². The van der Waals surface area contributed by atoms with Crippen molar-refractivity contribution in [3.8, 4) is 5.75 Å². The molecule has 104 valence electrons. The lowest BCUT2D eigenvalue weighted by Gasteiger charge is -2.27. The van der Waals surface area contributed by atoms with E-state index in [1.807, 2.05) is 20.8 Å². The predicted octanol–water partition coefficient (Wildman–Crippen LogP) is 2.57. The Bertz CT molecular complexity index is 473. The van der Waals surface area contributed by atoms with Crippen LogP contribution < -0.4 is 10.5 Å². The van der Waals surface area contributed by atoms with E-state index in [0.717, 1.165) is 19.3 Å². The number of rotatable bonds is 4. The molecule has 0 amide bonds. The topological polar surface area (TPSA) is 65.2 Å². The van der Waals surface area contributed by atoms with E-state index < -0.39 is 5.41 Å². The van der Waals surface area contributed by atoms with Crippen molar-refractivity contribution in [2.75, 3.05) is 0 Å². The highest BCUT2D eigenvalue weighted by atomic mass is 16.5. The van der Waals surface area contributed by atoms with Crippen LogP contribution in [-0.2, 0) is 0 Å². The van der Waals surface area contributed by atoms with Crippen LogP contribution in [0.15, 0.2) is 18.5 Å². The van der Waals surface area contributed by atoms with Gasteiger partial charge in [0.1, 0.15) is 5.75 Å². The molecule has 1 aliphatic carbocycles. The molecule has 0 spiro atoms. The summed E-state index contributed by atoms with van der Waals surface area (Å²) >= 11 is 0. The third kappa shape index (κ3) is 2.78. The molecule has 0 aliphatic heterocycles. The van der Waals surface area contributed by atoms with Crippen molar-refractivity contribution >= 4 is 5.78 Å². The van der Waals surface area contributed by atoms with Crippen molar-refractivity contribution in [3.05, 3.63) is 24.0 Å². The SMILES string of the molecule is CC(C)Oc1cncc(C(=O)C2(C)CCCC2N)c1. The molecule has 1 aromatic rings. The van der Waals surface area contributed by atoms with Crippen LogP contribution in [0.4, 0.5) is 0 Å². The fourth-order valence-corrected chi connectivity index (χ4v) is 2.68. The molecule has 4 nitrogen and oxygen atoms in total. The highest BCUT2D eigenvalue weighted by molar-refractivity contribution is 6.01. The smallest absolute Gasteiger partial charge is 0.171 e. The Labute approximate surface area is 114 Å². The summed E-state index contributed by atoms with van der Waals surface area (Å²) in [6, 6.07) is 1.71. The van der Waals surface area contributed by atoms with Crippen molar-refractivity contribution in [2.45, 2.75) is 52.2 Å². The van der Waals surface area contributed by atoms with Gasteiger partial charge in [-0.3, -0.25) is 9.78 Å². The summed E-state index contributed by atoms with van der Waals surface area (Å²) in [6.45, 7) is 5.86. The van der Waals surface area contributed by atoms with Crippen molar-refractivity contribution in [2.24, 2.45) is 11.1 Å². The predicted molar refractivity (Wildman–Crippen MR) is 74.3 cm³/mol. The lowest BCUT2D eigenvalue weighted by atomic mass is 9.78. The van der Waals surface area contributed by atoms with Gasteiger partial charge >= 0.3 is 0 Å². The van der Waals surface area contributed by atoms with Crippen molar-refractivity contribution < 1.29 is 9.53 Å². The molecule has 2 unspecified atom stereocenters. The molecule has 1 saturated carbocycles. The minimum atomic E-state index is -0.460. The number of aromatic nitrogens is 1. The van der Waals surface area contributed by atoms with Gasteiger partial charge in [-0.1, -0.05) is 13.3 Å². The molecule has 1 aliphatic rings. The number of hydrogen-bond donors (Lipinski definition) is 1. The number of pyridine rings is 1. The van der Waals surface area contributed by atoms with E-state index in [9.17, 15) is 4.79 Å². The molecule has 1 aromatic heterocycles. The maximum absolute atomic E-state index is 12.6. The molecule has 2 rings (SSSR count). The fraction of sp³-hybridized carbons (Fsp3) is 0.600. The Morgan fingerprint density at radius 3 is 2.84 bits per heavy atom. The molecule has 1 heterocycles. The van der Waals surface area contributed by atoms with Gasteiger partial charge in [-0.25, -0.2) is 0 Å². The van der Waals surface area contributed by atoms with Crippen molar-refractivity contribution in [1.82, 2.24) is 4.98 Å². The third-order valence-electron chi connectivity index (χ3n) is 3.90. The Morgan fingerprint density at radius 2 is 2.26 bits per heavy atom. The van der Waals surface area contributed by atoms with Crippen LogP contribution in [0, 0.1) is 5.41 Å². The van der Waals surface area contributed by atoms with Gasteiger partial charge in [0, 0.05) is 23.2 Å². The lowest BCUT2D eigenvalue weighted by Crippen LogP contribution is -2.41. The van der Waals surface area contributed by atoms with Crippen LogP contribution in [0.3, 0.4) is 0 Å². The van der Waals surface area contributed by atoms with E-state index in [4.69, 9.17) is 10.5 Å². The van der Waals surface area contributed by atoms with Gasteiger partial charge in [-0.2, -0.15) is 0 Å². The molecule has 2 N–H and O–H groups in total. The summed E-state index contributed by atoms with van der Waals surface area (Å²) in [5.41, 5.74) is 6.23. The molecular formula is C15H22N2O2. The summed E-state index contributed by atoms with van der Waals surface area (Å²) in [6.07, 6.45) is 6.08. The molecule has 0 aromatic carbocycles. The Hall–Kier alpha value is -1.42. The second-order valence-corrected chi connectivity index (χ2v) is 5.82. The van der Waals surface area contributed by atoms with Crippen LogP contribution in [0.25, 0.3) is 0 Å². The average Bonchev–Trinajstić information content (AvgIpc) is 2.69. The van der Waals surface area contributed by atoms with Crippen molar-refractivity contribution in [3.63, 3.8) is 0 Å². The molecule has 0 saturated heterocycles. The second kappa shape index (κ2) is 5.29. The normalized spacial score (nSPS) is 26.7. The fourth-order valence-electron chi connectivity index (χ4n) is 2.68. The Kier molecular flexibility index (Phi) is 3.90. The summed E-state index contributed by atoms with van der Waals surface area (Å²) in [7, 11) is 0. The first kappa shape index (κ1) is 14.0. The average molecular weight is 262 g/mol. The van der Waals surface area contributed by atoms with E-state index in [2.05, 4.69) is 4.98 Å². The minimum absolute atomic E-state index is 0.0605. The van der Waals surface area contributed by atoms with Gasteiger partial charge in [0.25, 0.3) is 0 Å². The third-order valence-corrected chi connectivity index (χ3v) is 3.90. The molecule has 1 fully saturated rings. The van der Waals surface area contributed by atoms with Crippen LogP contribution in [-0.4, -0.2) is 22.9 Å². The van der Waals surface area contributed by atoms with E-state index in [1.54, 1.807) is 18.5 Å². The van der Waals surface area contributed by atoms with Crippen LogP contribution in [0.1, 0.15) is 50.4 Å². The first-order valence-corrected chi connectivity index (χ1v) is 6.85.